The van der Waals surface area contributed by atoms with Gasteiger partial charge in [-0.15, -0.1) is 10.2 Å². The Bertz CT molecular complexity index is 1020. The minimum absolute atomic E-state index is 0.0329. The fourth-order valence-corrected chi connectivity index (χ4v) is 3.27. The molecule has 0 radical (unpaired) electrons. The Morgan fingerprint density at radius 2 is 2.07 bits per heavy atom. The van der Waals surface area contributed by atoms with E-state index in [1.807, 2.05) is 7.05 Å². The van der Waals surface area contributed by atoms with Crippen LogP contribution in [-0.4, -0.2) is 69.2 Å². The number of nitrogens with one attached hydrogen (secondary N) is 1. The molecule has 0 bridgehead atoms. The van der Waals surface area contributed by atoms with Crippen LogP contribution in [0.2, 0.25) is 0 Å². The molecule has 29 heavy (non-hydrogen) atoms. The average Bonchev–Trinajstić information content (AvgIpc) is 3.06. The SMILES string of the molecule is CN1CCOCC(Nc2nnc(-c3ccc(C(F)(F)F)cc3O)c3ccnn23)C1. The average molecular weight is 408 g/mol. The summed E-state index contributed by atoms with van der Waals surface area (Å²) in [6.07, 6.45) is -3.01. The van der Waals surface area contributed by atoms with Crippen molar-refractivity contribution in [2.24, 2.45) is 0 Å². The minimum Gasteiger partial charge on any atom is -0.507 e. The summed E-state index contributed by atoms with van der Waals surface area (Å²) in [4.78, 5) is 2.13. The first-order valence-electron chi connectivity index (χ1n) is 8.97. The molecular formula is C18H19F3N6O2. The van der Waals surface area contributed by atoms with Crippen LogP contribution in [0.25, 0.3) is 16.8 Å². The second kappa shape index (κ2) is 7.48. The monoisotopic (exact) mass is 408 g/mol. The van der Waals surface area contributed by atoms with Crippen LogP contribution in [-0.2, 0) is 10.9 Å². The van der Waals surface area contributed by atoms with Gasteiger partial charge in [0.15, 0.2) is 0 Å². The van der Waals surface area contributed by atoms with Gasteiger partial charge in [0.1, 0.15) is 11.4 Å². The summed E-state index contributed by atoms with van der Waals surface area (Å²) in [5, 5.41) is 25.9. The molecule has 2 N–H and O–H groups in total. The number of anilines is 1. The van der Waals surface area contributed by atoms with Crippen LogP contribution in [0.5, 0.6) is 5.75 Å². The number of hydrogen-bond donors (Lipinski definition) is 2. The smallest absolute Gasteiger partial charge is 0.416 e. The summed E-state index contributed by atoms with van der Waals surface area (Å²) in [7, 11) is 2.00. The number of aromatic hydroxyl groups is 1. The van der Waals surface area contributed by atoms with E-state index in [4.69, 9.17) is 4.74 Å². The molecule has 3 heterocycles. The van der Waals surface area contributed by atoms with Crippen molar-refractivity contribution in [3.63, 3.8) is 0 Å². The van der Waals surface area contributed by atoms with Gasteiger partial charge in [0.25, 0.3) is 0 Å². The molecule has 154 valence electrons. The normalized spacial score (nSPS) is 18.7. The van der Waals surface area contributed by atoms with Crippen LogP contribution in [0.15, 0.2) is 30.5 Å². The van der Waals surface area contributed by atoms with Crippen LogP contribution >= 0.6 is 0 Å². The van der Waals surface area contributed by atoms with Gasteiger partial charge >= 0.3 is 6.18 Å². The zero-order valence-corrected chi connectivity index (χ0v) is 15.5. The maximum absolute atomic E-state index is 12.9. The molecule has 1 aliphatic rings. The summed E-state index contributed by atoms with van der Waals surface area (Å²) in [6.45, 7) is 2.71. The van der Waals surface area contributed by atoms with Crippen LogP contribution in [0.3, 0.4) is 0 Å². The van der Waals surface area contributed by atoms with Gasteiger partial charge in [0.05, 0.1) is 36.5 Å². The Labute approximate surface area is 163 Å². The zero-order chi connectivity index (χ0) is 20.6. The number of hydrogen-bond acceptors (Lipinski definition) is 7. The van der Waals surface area contributed by atoms with Crippen molar-refractivity contribution in [3.8, 4) is 17.0 Å². The van der Waals surface area contributed by atoms with Gasteiger partial charge in [-0.3, -0.25) is 0 Å². The molecular weight excluding hydrogens is 389 g/mol. The first-order valence-corrected chi connectivity index (χ1v) is 8.97. The minimum atomic E-state index is -4.55. The van der Waals surface area contributed by atoms with Crippen molar-refractivity contribution >= 4 is 11.5 Å². The Morgan fingerprint density at radius 3 is 2.83 bits per heavy atom. The van der Waals surface area contributed by atoms with E-state index < -0.39 is 17.5 Å². The highest BCUT2D eigenvalue weighted by atomic mass is 19.4. The standard InChI is InChI=1S/C18H19F3N6O2/c1-26-6-7-29-10-12(9-26)23-17-25-24-16(14-4-5-22-27(14)17)13-3-2-11(8-15(13)28)18(19,20)21/h2-5,8,12,28H,6-7,9-10H2,1H3,(H,23,25). The Hall–Kier alpha value is -2.92. The zero-order valence-electron chi connectivity index (χ0n) is 15.5. The third-order valence-corrected chi connectivity index (χ3v) is 4.71. The largest absolute Gasteiger partial charge is 0.507 e. The molecule has 0 saturated carbocycles. The number of alkyl halides is 3. The van der Waals surface area contributed by atoms with E-state index in [2.05, 4.69) is 25.5 Å². The summed E-state index contributed by atoms with van der Waals surface area (Å²) in [6, 6.07) is 4.37. The number of nitrogens with zero attached hydrogens (tertiary/aromatic N) is 5. The summed E-state index contributed by atoms with van der Waals surface area (Å²) in [5.74, 6) is -0.152. The van der Waals surface area contributed by atoms with Gasteiger partial charge in [0.2, 0.25) is 5.95 Å². The van der Waals surface area contributed by atoms with Crippen molar-refractivity contribution in [1.82, 2.24) is 24.7 Å². The summed E-state index contributed by atoms with van der Waals surface area (Å²) >= 11 is 0. The predicted octanol–water partition coefficient (Wildman–Crippen LogP) is 2.26. The van der Waals surface area contributed by atoms with Crippen LogP contribution in [0.1, 0.15) is 5.56 Å². The number of rotatable bonds is 3. The maximum Gasteiger partial charge on any atom is 0.416 e. The molecule has 2 aromatic heterocycles. The second-order valence-corrected chi connectivity index (χ2v) is 6.91. The number of halogens is 3. The number of likely N-dealkylation sites (N-methyl/N-ethyl adjacent to an activating group) is 1. The van der Waals surface area contributed by atoms with Gasteiger partial charge in [-0.25, -0.2) is 0 Å². The van der Waals surface area contributed by atoms with Crippen molar-refractivity contribution in [1.29, 1.82) is 0 Å². The first kappa shape index (κ1) is 19.4. The topological polar surface area (TPSA) is 87.8 Å². The Morgan fingerprint density at radius 1 is 1.24 bits per heavy atom. The molecule has 1 aromatic carbocycles. The van der Waals surface area contributed by atoms with E-state index in [1.165, 1.54) is 16.8 Å². The lowest BCUT2D eigenvalue weighted by Crippen LogP contribution is -2.36. The van der Waals surface area contributed by atoms with Crippen molar-refractivity contribution < 1.29 is 23.0 Å². The molecule has 1 aliphatic heterocycles. The Balaban J connectivity index is 1.68. The van der Waals surface area contributed by atoms with E-state index in [0.717, 1.165) is 19.2 Å². The number of fused-ring (bicyclic) bond motifs is 1. The lowest BCUT2D eigenvalue weighted by molar-refractivity contribution is -0.137. The molecule has 1 unspecified atom stereocenters. The van der Waals surface area contributed by atoms with Gasteiger partial charge in [-0.1, -0.05) is 0 Å². The van der Waals surface area contributed by atoms with E-state index in [1.54, 1.807) is 6.07 Å². The van der Waals surface area contributed by atoms with Gasteiger partial charge < -0.3 is 20.1 Å². The van der Waals surface area contributed by atoms with E-state index in [-0.39, 0.29) is 17.3 Å². The van der Waals surface area contributed by atoms with Crippen molar-refractivity contribution in [2.75, 3.05) is 38.7 Å². The number of benzene rings is 1. The summed E-state index contributed by atoms with van der Waals surface area (Å²) < 4.78 is 45.7. The fraction of sp³-hybridized carbons (Fsp3) is 0.389. The summed E-state index contributed by atoms with van der Waals surface area (Å²) in [5.41, 5.74) is -0.0685. The van der Waals surface area contributed by atoms with Gasteiger partial charge in [0, 0.05) is 18.7 Å². The van der Waals surface area contributed by atoms with Gasteiger partial charge in [-0.2, -0.15) is 22.8 Å². The van der Waals surface area contributed by atoms with Crippen molar-refractivity contribution in [2.45, 2.75) is 12.2 Å². The molecule has 1 saturated heterocycles. The highest BCUT2D eigenvalue weighted by Gasteiger charge is 2.31. The van der Waals surface area contributed by atoms with Crippen LogP contribution in [0.4, 0.5) is 19.1 Å². The third kappa shape index (κ3) is 3.96. The van der Waals surface area contributed by atoms with Crippen LogP contribution in [0, 0.1) is 0 Å². The number of phenolic OH excluding ortho intramolecular Hbond substituents is 1. The number of phenols is 1. The third-order valence-electron chi connectivity index (χ3n) is 4.71. The highest BCUT2D eigenvalue weighted by molar-refractivity contribution is 5.80. The molecule has 0 amide bonds. The van der Waals surface area contributed by atoms with Gasteiger partial charge in [-0.05, 0) is 31.3 Å². The lowest BCUT2D eigenvalue weighted by Gasteiger charge is -2.20. The van der Waals surface area contributed by atoms with Crippen molar-refractivity contribution in [3.05, 3.63) is 36.0 Å². The molecule has 1 fully saturated rings. The van der Waals surface area contributed by atoms with E-state index in [9.17, 15) is 18.3 Å². The maximum atomic E-state index is 12.9. The first-order chi connectivity index (χ1) is 13.8. The quantitative estimate of drug-likeness (QED) is 0.687. The molecule has 0 spiro atoms. The van der Waals surface area contributed by atoms with E-state index >= 15 is 0 Å². The molecule has 8 nitrogen and oxygen atoms in total. The van der Waals surface area contributed by atoms with E-state index in [0.29, 0.717) is 30.7 Å². The predicted molar refractivity (Wildman–Crippen MR) is 98.6 cm³/mol. The molecule has 1 atom stereocenters. The second-order valence-electron chi connectivity index (χ2n) is 6.91. The van der Waals surface area contributed by atoms with Crippen LogP contribution < -0.4 is 5.32 Å². The molecule has 3 aromatic rings. The highest BCUT2D eigenvalue weighted by Crippen LogP contribution is 2.37. The molecule has 11 heteroatoms. The lowest BCUT2D eigenvalue weighted by atomic mass is 10.1. The molecule has 0 aliphatic carbocycles. The number of aromatic nitrogens is 4. The Kier molecular flexibility index (Phi) is 5.01. The molecule has 4 rings (SSSR count). The fourth-order valence-electron chi connectivity index (χ4n) is 3.27. The number of ether oxygens (including phenoxy) is 1.